The van der Waals surface area contributed by atoms with E-state index in [2.05, 4.69) is 62.6 Å². The molecule has 1 N–H and O–H groups in total. The molecule has 4 heterocycles. The van der Waals surface area contributed by atoms with Gasteiger partial charge >= 0.3 is 0 Å². The van der Waals surface area contributed by atoms with Crippen LogP contribution in [0.2, 0.25) is 0 Å². The number of aromatic nitrogens is 5. The van der Waals surface area contributed by atoms with Crippen molar-refractivity contribution in [3.63, 3.8) is 0 Å². The van der Waals surface area contributed by atoms with Crippen molar-refractivity contribution >= 4 is 28.6 Å². The van der Waals surface area contributed by atoms with Gasteiger partial charge in [0.15, 0.2) is 0 Å². The fourth-order valence-electron chi connectivity index (χ4n) is 3.97. The number of hydrogen-bond donors (Lipinski definition) is 1. The van der Waals surface area contributed by atoms with Gasteiger partial charge in [-0.15, -0.1) is 0 Å². The molecule has 0 aromatic carbocycles. The van der Waals surface area contributed by atoms with Crippen LogP contribution >= 0.6 is 0 Å². The monoisotopic (exact) mass is 408 g/mol. The van der Waals surface area contributed by atoms with Crippen LogP contribution in [0.25, 0.3) is 11.0 Å². The highest BCUT2D eigenvalue weighted by atomic mass is 15.3. The predicted octanol–water partition coefficient (Wildman–Crippen LogP) is 3.71. The molecule has 0 bridgehead atoms. The minimum atomic E-state index is 0.344. The van der Waals surface area contributed by atoms with E-state index in [1.165, 1.54) is 19.3 Å². The number of rotatable bonds is 7. The van der Waals surface area contributed by atoms with Gasteiger partial charge < -0.3 is 19.7 Å². The third-order valence-electron chi connectivity index (χ3n) is 5.80. The summed E-state index contributed by atoms with van der Waals surface area (Å²) in [6, 6.07) is 4.26. The highest BCUT2D eigenvalue weighted by Crippen LogP contribution is 2.25. The quantitative estimate of drug-likeness (QED) is 0.639. The fourth-order valence-corrected chi connectivity index (χ4v) is 3.97. The standard InChI is InChI=1S/C22H32N8/c1-16(2)30-15-25-18-14-24-21(13-19(18)30)26-20-5-9-23-22(27-20)29-11-7-17(8-12-29)6-10-28(3)4/h5,9,13-17H,6-8,10-12H2,1-4H3,(H,23,24,26,27). The van der Waals surface area contributed by atoms with Crippen LogP contribution in [-0.2, 0) is 0 Å². The van der Waals surface area contributed by atoms with E-state index in [4.69, 9.17) is 4.98 Å². The third kappa shape index (κ3) is 4.70. The van der Waals surface area contributed by atoms with Crippen molar-refractivity contribution in [2.45, 2.75) is 39.2 Å². The first-order chi connectivity index (χ1) is 14.5. The van der Waals surface area contributed by atoms with Crippen molar-refractivity contribution in [3.05, 3.63) is 30.9 Å². The fraction of sp³-hybridized carbons (Fsp3) is 0.545. The number of hydrogen-bond acceptors (Lipinski definition) is 7. The summed E-state index contributed by atoms with van der Waals surface area (Å²) in [7, 11) is 4.29. The summed E-state index contributed by atoms with van der Waals surface area (Å²) in [5.74, 6) is 3.11. The molecule has 3 aromatic rings. The molecule has 0 atom stereocenters. The summed E-state index contributed by atoms with van der Waals surface area (Å²) in [6.07, 6.45) is 9.16. The number of imidazole rings is 1. The molecular formula is C22H32N8. The first-order valence-corrected chi connectivity index (χ1v) is 10.8. The summed E-state index contributed by atoms with van der Waals surface area (Å²) in [5, 5.41) is 3.34. The first kappa shape index (κ1) is 20.5. The van der Waals surface area contributed by atoms with Crippen LogP contribution in [0.4, 0.5) is 17.6 Å². The van der Waals surface area contributed by atoms with Gasteiger partial charge in [-0.25, -0.2) is 15.0 Å². The molecule has 30 heavy (non-hydrogen) atoms. The molecule has 160 valence electrons. The van der Waals surface area contributed by atoms with Gasteiger partial charge in [-0.2, -0.15) is 4.98 Å². The van der Waals surface area contributed by atoms with Crippen molar-refractivity contribution < 1.29 is 0 Å². The van der Waals surface area contributed by atoms with Gasteiger partial charge in [0.1, 0.15) is 17.2 Å². The van der Waals surface area contributed by atoms with Crippen LogP contribution in [0.1, 0.15) is 39.2 Å². The summed E-state index contributed by atoms with van der Waals surface area (Å²) >= 11 is 0. The minimum Gasteiger partial charge on any atom is -0.341 e. The maximum atomic E-state index is 4.75. The molecule has 0 saturated carbocycles. The lowest BCUT2D eigenvalue weighted by Crippen LogP contribution is -2.35. The van der Waals surface area contributed by atoms with Crippen molar-refractivity contribution in [2.24, 2.45) is 5.92 Å². The number of piperidine rings is 1. The maximum Gasteiger partial charge on any atom is 0.227 e. The summed E-state index contributed by atoms with van der Waals surface area (Å²) < 4.78 is 2.15. The molecule has 8 heteroatoms. The zero-order valence-electron chi connectivity index (χ0n) is 18.4. The van der Waals surface area contributed by atoms with Gasteiger partial charge in [-0.1, -0.05) is 0 Å². The van der Waals surface area contributed by atoms with E-state index in [0.29, 0.717) is 6.04 Å². The van der Waals surface area contributed by atoms with Gasteiger partial charge in [0.05, 0.1) is 18.0 Å². The van der Waals surface area contributed by atoms with Gasteiger partial charge in [-0.3, -0.25) is 0 Å². The number of nitrogens with one attached hydrogen (secondary N) is 1. The van der Waals surface area contributed by atoms with E-state index in [1.54, 1.807) is 6.20 Å². The third-order valence-corrected chi connectivity index (χ3v) is 5.80. The summed E-state index contributed by atoms with van der Waals surface area (Å²) in [4.78, 5) is 22.8. The van der Waals surface area contributed by atoms with E-state index in [0.717, 1.165) is 54.2 Å². The number of fused-ring (bicyclic) bond motifs is 1. The summed E-state index contributed by atoms with van der Waals surface area (Å²) in [5.41, 5.74) is 1.96. The van der Waals surface area contributed by atoms with Crippen LogP contribution in [-0.4, -0.2) is 63.1 Å². The van der Waals surface area contributed by atoms with Crippen LogP contribution in [0, 0.1) is 5.92 Å². The van der Waals surface area contributed by atoms with E-state index < -0.39 is 0 Å². The lowest BCUT2D eigenvalue weighted by atomic mass is 9.93. The second-order valence-electron chi connectivity index (χ2n) is 8.69. The molecule has 1 saturated heterocycles. The zero-order chi connectivity index (χ0) is 21.1. The average molecular weight is 409 g/mol. The lowest BCUT2D eigenvalue weighted by Gasteiger charge is -2.32. The van der Waals surface area contributed by atoms with E-state index in [1.807, 2.05) is 24.7 Å². The topological polar surface area (TPSA) is 75.0 Å². The van der Waals surface area contributed by atoms with E-state index >= 15 is 0 Å². The van der Waals surface area contributed by atoms with Gasteiger partial charge in [-0.05, 0) is 65.7 Å². The maximum absolute atomic E-state index is 4.75. The molecule has 1 aliphatic rings. The van der Waals surface area contributed by atoms with Crippen molar-refractivity contribution in [1.82, 2.24) is 29.4 Å². The largest absolute Gasteiger partial charge is 0.341 e. The molecule has 1 aliphatic heterocycles. The second kappa shape index (κ2) is 8.95. The van der Waals surface area contributed by atoms with Gasteiger partial charge in [0, 0.05) is 31.4 Å². The Kier molecular flexibility index (Phi) is 6.13. The number of anilines is 3. The summed E-state index contributed by atoms with van der Waals surface area (Å²) in [6.45, 7) is 7.48. The van der Waals surface area contributed by atoms with E-state index in [-0.39, 0.29) is 0 Å². The van der Waals surface area contributed by atoms with Gasteiger partial charge in [0.25, 0.3) is 0 Å². The molecule has 3 aromatic heterocycles. The molecule has 0 unspecified atom stereocenters. The van der Waals surface area contributed by atoms with Crippen molar-refractivity contribution in [3.8, 4) is 0 Å². The Balaban J connectivity index is 1.43. The molecular weight excluding hydrogens is 376 g/mol. The molecule has 0 aliphatic carbocycles. The number of nitrogens with zero attached hydrogens (tertiary/aromatic N) is 7. The van der Waals surface area contributed by atoms with Crippen LogP contribution in [0.15, 0.2) is 30.9 Å². The van der Waals surface area contributed by atoms with Crippen molar-refractivity contribution in [2.75, 3.05) is 43.9 Å². The van der Waals surface area contributed by atoms with E-state index in [9.17, 15) is 0 Å². The minimum absolute atomic E-state index is 0.344. The Bertz CT molecular complexity index is 972. The predicted molar refractivity (Wildman–Crippen MR) is 121 cm³/mol. The lowest BCUT2D eigenvalue weighted by molar-refractivity contribution is 0.312. The SMILES string of the molecule is CC(C)n1cnc2cnc(Nc3ccnc(N4CCC(CCN(C)C)CC4)n3)cc21. The Hall–Kier alpha value is -2.74. The number of pyridine rings is 1. The van der Waals surface area contributed by atoms with Crippen molar-refractivity contribution in [1.29, 1.82) is 0 Å². The zero-order valence-corrected chi connectivity index (χ0v) is 18.4. The highest BCUT2D eigenvalue weighted by molar-refractivity contribution is 5.78. The average Bonchev–Trinajstić information content (AvgIpc) is 3.16. The smallest absolute Gasteiger partial charge is 0.227 e. The Morgan fingerprint density at radius 1 is 1.13 bits per heavy atom. The molecule has 0 spiro atoms. The molecule has 0 amide bonds. The highest BCUT2D eigenvalue weighted by Gasteiger charge is 2.21. The first-order valence-electron chi connectivity index (χ1n) is 10.8. The van der Waals surface area contributed by atoms with Gasteiger partial charge in [0.2, 0.25) is 5.95 Å². The second-order valence-corrected chi connectivity index (χ2v) is 8.69. The molecule has 4 rings (SSSR count). The Morgan fingerprint density at radius 2 is 1.93 bits per heavy atom. The van der Waals surface area contributed by atoms with Crippen LogP contribution in [0.5, 0.6) is 0 Å². The normalized spacial score (nSPS) is 15.5. The molecule has 1 fully saturated rings. The van der Waals surface area contributed by atoms with Crippen LogP contribution in [0.3, 0.4) is 0 Å². The molecule has 8 nitrogen and oxygen atoms in total. The van der Waals surface area contributed by atoms with Crippen LogP contribution < -0.4 is 10.2 Å². The Morgan fingerprint density at radius 3 is 2.67 bits per heavy atom. The molecule has 0 radical (unpaired) electrons. The Labute approximate surface area is 178 Å².